The highest BCUT2D eigenvalue weighted by Crippen LogP contribution is 2.18. The Balaban J connectivity index is 1.66. The molecule has 0 bridgehead atoms. The first-order valence-corrected chi connectivity index (χ1v) is 7.84. The zero-order chi connectivity index (χ0) is 14.9. The second kappa shape index (κ2) is 8.55. The van der Waals surface area contributed by atoms with E-state index in [1.165, 1.54) is 25.7 Å². The molecule has 0 atom stereocenters. The quantitative estimate of drug-likeness (QED) is 0.818. The van der Waals surface area contributed by atoms with Gasteiger partial charge in [-0.15, -0.1) is 0 Å². The molecule has 116 valence electrons. The van der Waals surface area contributed by atoms with E-state index in [2.05, 4.69) is 5.32 Å². The fourth-order valence-electron chi connectivity index (χ4n) is 2.66. The zero-order valence-electron chi connectivity index (χ0n) is 12.8. The van der Waals surface area contributed by atoms with Gasteiger partial charge >= 0.3 is 0 Å². The van der Waals surface area contributed by atoms with Crippen LogP contribution in [0.5, 0.6) is 11.5 Å². The summed E-state index contributed by atoms with van der Waals surface area (Å²) in [6.07, 6.45) is 7.69. The third-order valence-corrected chi connectivity index (χ3v) is 3.88. The Hall–Kier alpha value is -1.71. The zero-order valence-corrected chi connectivity index (χ0v) is 12.8. The fraction of sp³-hybridized carbons (Fsp3) is 0.588. The predicted molar refractivity (Wildman–Crippen MR) is 82.7 cm³/mol. The lowest BCUT2D eigenvalue weighted by Gasteiger charge is -2.16. The van der Waals surface area contributed by atoms with Crippen LogP contribution in [0.2, 0.25) is 0 Å². The van der Waals surface area contributed by atoms with Crippen LogP contribution in [0.15, 0.2) is 24.3 Å². The second-order valence-corrected chi connectivity index (χ2v) is 5.53. The van der Waals surface area contributed by atoms with Crippen LogP contribution in [0.25, 0.3) is 0 Å². The average Bonchev–Trinajstić information content (AvgIpc) is 2.76. The number of hydrogen-bond donors (Lipinski definition) is 1. The van der Waals surface area contributed by atoms with Crippen molar-refractivity contribution < 1.29 is 14.3 Å². The molecule has 0 radical (unpaired) electrons. The van der Waals surface area contributed by atoms with Crippen molar-refractivity contribution in [1.82, 2.24) is 5.32 Å². The first-order valence-electron chi connectivity index (χ1n) is 7.84. The number of carbonyl (C=O) groups excluding carboxylic acids is 1. The van der Waals surface area contributed by atoms with Crippen LogP contribution in [-0.4, -0.2) is 25.7 Å². The van der Waals surface area contributed by atoms with E-state index in [0.717, 1.165) is 24.3 Å². The summed E-state index contributed by atoms with van der Waals surface area (Å²) < 4.78 is 10.7. The molecule has 1 N–H and O–H groups in total. The molecule has 1 aromatic carbocycles. The maximum Gasteiger partial charge on any atom is 0.223 e. The number of carbonyl (C=O) groups is 1. The summed E-state index contributed by atoms with van der Waals surface area (Å²) in [6, 6.07) is 7.76. The minimum absolute atomic E-state index is 0.0930. The van der Waals surface area contributed by atoms with Crippen LogP contribution < -0.4 is 14.8 Å². The molecule has 4 nitrogen and oxygen atoms in total. The molecular formula is C17H25NO3. The molecule has 0 saturated heterocycles. The summed E-state index contributed by atoms with van der Waals surface area (Å²) >= 11 is 0. The maximum atomic E-state index is 11.9. The summed E-state index contributed by atoms with van der Waals surface area (Å²) in [7, 11) is 1.63. The van der Waals surface area contributed by atoms with E-state index in [1.54, 1.807) is 7.11 Å². The highest BCUT2D eigenvalue weighted by molar-refractivity contribution is 5.76. The second-order valence-electron chi connectivity index (χ2n) is 5.53. The van der Waals surface area contributed by atoms with E-state index in [-0.39, 0.29) is 5.91 Å². The van der Waals surface area contributed by atoms with E-state index >= 15 is 0 Å². The van der Waals surface area contributed by atoms with Gasteiger partial charge in [-0.2, -0.15) is 0 Å². The molecule has 0 spiro atoms. The molecule has 1 fully saturated rings. The van der Waals surface area contributed by atoms with E-state index in [0.29, 0.717) is 19.1 Å². The summed E-state index contributed by atoms with van der Waals surface area (Å²) in [4.78, 5) is 11.9. The van der Waals surface area contributed by atoms with E-state index in [1.807, 2.05) is 24.3 Å². The summed E-state index contributed by atoms with van der Waals surface area (Å²) in [6.45, 7) is 0.408. The largest absolute Gasteiger partial charge is 0.497 e. The number of hydrogen-bond acceptors (Lipinski definition) is 3. The molecule has 4 heteroatoms. The number of benzene rings is 1. The van der Waals surface area contributed by atoms with Crippen molar-refractivity contribution in [3.8, 4) is 11.5 Å². The van der Waals surface area contributed by atoms with Gasteiger partial charge in [0.2, 0.25) is 5.91 Å². The van der Waals surface area contributed by atoms with Crippen molar-refractivity contribution in [2.24, 2.45) is 0 Å². The van der Waals surface area contributed by atoms with E-state index in [9.17, 15) is 4.79 Å². The highest BCUT2D eigenvalue weighted by Gasteiger charge is 2.14. The third kappa shape index (κ3) is 5.66. The smallest absolute Gasteiger partial charge is 0.223 e. The highest BCUT2D eigenvalue weighted by atomic mass is 16.5. The lowest BCUT2D eigenvalue weighted by molar-refractivity contribution is -0.122. The van der Waals surface area contributed by atoms with E-state index < -0.39 is 0 Å². The first kappa shape index (κ1) is 15.7. The monoisotopic (exact) mass is 291 g/mol. The first-order chi connectivity index (χ1) is 10.3. The Kier molecular flexibility index (Phi) is 6.38. The predicted octanol–water partition coefficient (Wildman–Crippen LogP) is 3.30. The molecule has 1 aliphatic carbocycles. The summed E-state index contributed by atoms with van der Waals surface area (Å²) in [5, 5.41) is 3.12. The van der Waals surface area contributed by atoms with Crippen LogP contribution in [-0.2, 0) is 4.79 Å². The Labute approximate surface area is 126 Å². The molecule has 0 heterocycles. The van der Waals surface area contributed by atoms with E-state index in [4.69, 9.17) is 9.47 Å². The van der Waals surface area contributed by atoms with Crippen LogP contribution in [0.4, 0.5) is 0 Å². The lowest BCUT2D eigenvalue weighted by Crippen LogP contribution is -2.35. The molecule has 1 aromatic rings. The van der Waals surface area contributed by atoms with Crippen molar-refractivity contribution in [3.63, 3.8) is 0 Å². The molecule has 21 heavy (non-hydrogen) atoms. The number of nitrogens with one attached hydrogen (secondary N) is 1. The Morgan fingerprint density at radius 3 is 2.33 bits per heavy atom. The van der Waals surface area contributed by atoms with Gasteiger partial charge in [-0.1, -0.05) is 25.7 Å². The molecule has 0 aliphatic heterocycles. The summed E-state index contributed by atoms with van der Waals surface area (Å²) in [5.74, 6) is 1.65. The van der Waals surface area contributed by atoms with Crippen molar-refractivity contribution in [2.45, 2.75) is 51.0 Å². The van der Waals surface area contributed by atoms with Gasteiger partial charge in [-0.25, -0.2) is 0 Å². The standard InChI is InChI=1S/C17H25NO3/c1-20-15-8-10-16(11-9-15)21-13-12-17(19)18-14-6-4-2-3-5-7-14/h8-11,14H,2-7,12-13H2,1H3,(H,18,19). The lowest BCUT2D eigenvalue weighted by atomic mass is 10.1. The van der Waals surface area contributed by atoms with Crippen LogP contribution in [0, 0.1) is 0 Å². The van der Waals surface area contributed by atoms with Gasteiger partial charge in [0.25, 0.3) is 0 Å². The maximum absolute atomic E-state index is 11.9. The Morgan fingerprint density at radius 1 is 1.10 bits per heavy atom. The van der Waals surface area contributed by atoms with Gasteiger partial charge < -0.3 is 14.8 Å². The average molecular weight is 291 g/mol. The number of ether oxygens (including phenoxy) is 2. The van der Waals surface area contributed by atoms with Crippen LogP contribution in [0.3, 0.4) is 0 Å². The van der Waals surface area contributed by atoms with Crippen molar-refractivity contribution in [1.29, 1.82) is 0 Å². The van der Waals surface area contributed by atoms with Crippen molar-refractivity contribution in [3.05, 3.63) is 24.3 Å². The van der Waals surface area contributed by atoms with Gasteiger partial charge in [-0.05, 0) is 37.1 Å². The van der Waals surface area contributed by atoms with Gasteiger partial charge in [0.15, 0.2) is 0 Å². The molecule has 0 unspecified atom stereocenters. The van der Waals surface area contributed by atoms with Crippen molar-refractivity contribution in [2.75, 3.05) is 13.7 Å². The number of amides is 1. The fourth-order valence-corrected chi connectivity index (χ4v) is 2.66. The number of methoxy groups -OCH3 is 1. The van der Waals surface area contributed by atoms with Gasteiger partial charge in [0.05, 0.1) is 20.1 Å². The van der Waals surface area contributed by atoms with Gasteiger partial charge in [0.1, 0.15) is 11.5 Å². The van der Waals surface area contributed by atoms with Gasteiger partial charge in [0, 0.05) is 6.04 Å². The third-order valence-electron chi connectivity index (χ3n) is 3.88. The Bertz CT molecular complexity index is 422. The molecular weight excluding hydrogens is 266 g/mol. The number of rotatable bonds is 6. The van der Waals surface area contributed by atoms with Gasteiger partial charge in [-0.3, -0.25) is 4.79 Å². The minimum atomic E-state index is 0.0930. The molecule has 1 amide bonds. The topological polar surface area (TPSA) is 47.6 Å². The van der Waals surface area contributed by atoms with Crippen LogP contribution >= 0.6 is 0 Å². The summed E-state index contributed by atoms with van der Waals surface area (Å²) in [5.41, 5.74) is 0. The Morgan fingerprint density at radius 2 is 1.71 bits per heavy atom. The normalized spacial score (nSPS) is 16.0. The molecule has 2 rings (SSSR count). The van der Waals surface area contributed by atoms with Crippen molar-refractivity contribution >= 4 is 5.91 Å². The minimum Gasteiger partial charge on any atom is -0.497 e. The SMILES string of the molecule is COc1ccc(OCCC(=O)NC2CCCCCC2)cc1. The molecule has 1 aliphatic rings. The molecule has 0 aromatic heterocycles. The molecule has 1 saturated carbocycles. The van der Waals surface area contributed by atoms with Crippen LogP contribution in [0.1, 0.15) is 44.9 Å².